The Morgan fingerprint density at radius 1 is 0.842 bits per heavy atom. The van der Waals surface area contributed by atoms with Crippen molar-refractivity contribution >= 4 is 23.5 Å². The summed E-state index contributed by atoms with van der Waals surface area (Å²) < 4.78 is 17.8. The molecule has 0 bridgehead atoms. The van der Waals surface area contributed by atoms with Crippen molar-refractivity contribution < 1.29 is 28.7 Å². The van der Waals surface area contributed by atoms with E-state index in [2.05, 4.69) is 15.5 Å². The highest BCUT2D eigenvalue weighted by atomic mass is 16.6. The standard InChI is InChI=1S/C25H24N6O7/c1-36-18-8-4-16(5-9-18)14-29-20(13-23(28-29)31(34)35)24(32)26-22-12-21(25(33)38-3)30(27-22)15-17-6-10-19(37-2)11-7-17/h4-13H,14-15H2,1-3H3,(H,26,27,32). The molecule has 2 heterocycles. The third-order valence-corrected chi connectivity index (χ3v) is 5.59. The molecule has 13 heteroatoms. The average Bonchev–Trinajstić information content (AvgIpc) is 3.53. The molecule has 0 spiro atoms. The number of ether oxygens (including phenoxy) is 3. The van der Waals surface area contributed by atoms with Crippen molar-refractivity contribution in [2.24, 2.45) is 0 Å². The van der Waals surface area contributed by atoms with E-state index in [1.165, 1.54) is 29.6 Å². The van der Waals surface area contributed by atoms with Gasteiger partial charge in [-0.2, -0.15) is 9.78 Å². The maximum atomic E-state index is 13.2. The summed E-state index contributed by atoms with van der Waals surface area (Å²) in [6.07, 6.45) is 0. The summed E-state index contributed by atoms with van der Waals surface area (Å²) in [4.78, 5) is 36.2. The summed E-state index contributed by atoms with van der Waals surface area (Å²) in [6.45, 7) is 0.311. The fraction of sp³-hybridized carbons (Fsp3) is 0.200. The molecule has 4 aromatic rings. The van der Waals surface area contributed by atoms with Crippen molar-refractivity contribution in [3.05, 3.63) is 93.3 Å². The first-order valence-electron chi connectivity index (χ1n) is 11.3. The van der Waals surface area contributed by atoms with Crippen molar-refractivity contribution in [2.45, 2.75) is 13.1 Å². The Kier molecular flexibility index (Phi) is 7.66. The van der Waals surface area contributed by atoms with Crippen LogP contribution in [-0.2, 0) is 17.8 Å². The SMILES string of the molecule is COC(=O)c1cc(NC(=O)c2cc([N+](=O)[O-])nn2Cc2ccc(OC)cc2)nn1Cc1ccc(OC)cc1. The number of carbonyl (C=O) groups is 2. The second-order valence-corrected chi connectivity index (χ2v) is 8.02. The number of amides is 1. The molecule has 0 saturated heterocycles. The van der Waals surface area contributed by atoms with Gasteiger partial charge in [0.25, 0.3) is 5.91 Å². The molecular formula is C25H24N6O7. The Bertz CT molecular complexity index is 1460. The lowest BCUT2D eigenvalue weighted by Crippen LogP contribution is -2.18. The van der Waals surface area contributed by atoms with Gasteiger partial charge in [-0.15, -0.1) is 0 Å². The van der Waals surface area contributed by atoms with Gasteiger partial charge in [0.2, 0.25) is 0 Å². The lowest BCUT2D eigenvalue weighted by Gasteiger charge is -2.07. The zero-order valence-corrected chi connectivity index (χ0v) is 20.8. The van der Waals surface area contributed by atoms with Crippen LogP contribution in [0.3, 0.4) is 0 Å². The van der Waals surface area contributed by atoms with Gasteiger partial charge in [0.1, 0.15) is 17.2 Å². The monoisotopic (exact) mass is 520 g/mol. The third-order valence-electron chi connectivity index (χ3n) is 5.59. The van der Waals surface area contributed by atoms with Crippen molar-refractivity contribution in [1.82, 2.24) is 19.6 Å². The van der Waals surface area contributed by atoms with Gasteiger partial charge in [-0.3, -0.25) is 9.48 Å². The summed E-state index contributed by atoms with van der Waals surface area (Å²) in [6, 6.07) is 16.6. The number of rotatable bonds is 10. The lowest BCUT2D eigenvalue weighted by atomic mass is 10.2. The molecule has 0 aliphatic heterocycles. The summed E-state index contributed by atoms with van der Waals surface area (Å²) in [5.74, 6) is -0.440. The van der Waals surface area contributed by atoms with Gasteiger partial charge >= 0.3 is 11.8 Å². The second-order valence-electron chi connectivity index (χ2n) is 8.02. The summed E-state index contributed by atoms with van der Waals surface area (Å²) in [5.41, 5.74) is 1.62. The first-order valence-corrected chi connectivity index (χ1v) is 11.3. The summed E-state index contributed by atoms with van der Waals surface area (Å²) in [7, 11) is 4.34. The predicted octanol–water partition coefficient (Wildman–Crippen LogP) is 3.14. The number of methoxy groups -OCH3 is 3. The molecular weight excluding hydrogens is 496 g/mol. The van der Waals surface area contributed by atoms with E-state index in [0.717, 1.165) is 17.2 Å². The minimum atomic E-state index is -0.690. The van der Waals surface area contributed by atoms with Gasteiger partial charge < -0.3 is 29.6 Å². The Hall–Kier alpha value is -5.20. The van der Waals surface area contributed by atoms with E-state index in [1.54, 1.807) is 43.5 Å². The second kappa shape index (κ2) is 11.2. The van der Waals surface area contributed by atoms with Crippen molar-refractivity contribution in [3.8, 4) is 11.5 Å². The van der Waals surface area contributed by atoms with Gasteiger partial charge in [-0.05, 0) is 40.3 Å². The predicted molar refractivity (Wildman–Crippen MR) is 135 cm³/mol. The molecule has 13 nitrogen and oxygen atoms in total. The number of benzene rings is 2. The Balaban J connectivity index is 1.60. The number of hydrogen-bond donors (Lipinski definition) is 1. The van der Waals surface area contributed by atoms with Gasteiger partial charge in [0.05, 0.1) is 45.6 Å². The number of nitro groups is 1. The average molecular weight is 521 g/mol. The topological polar surface area (TPSA) is 153 Å². The maximum absolute atomic E-state index is 13.2. The van der Waals surface area contributed by atoms with Gasteiger partial charge in [0, 0.05) is 6.07 Å². The highest BCUT2D eigenvalue weighted by Gasteiger charge is 2.25. The first-order chi connectivity index (χ1) is 18.3. The molecule has 0 aliphatic rings. The largest absolute Gasteiger partial charge is 0.497 e. The number of hydrogen-bond acceptors (Lipinski definition) is 9. The van der Waals surface area contributed by atoms with Crippen molar-refractivity contribution in [2.75, 3.05) is 26.6 Å². The molecule has 38 heavy (non-hydrogen) atoms. The van der Waals surface area contributed by atoms with E-state index in [0.29, 0.717) is 11.5 Å². The molecule has 2 aromatic carbocycles. The van der Waals surface area contributed by atoms with E-state index in [4.69, 9.17) is 14.2 Å². The minimum absolute atomic E-state index is 0.0585. The molecule has 1 N–H and O–H groups in total. The van der Waals surface area contributed by atoms with E-state index in [9.17, 15) is 19.7 Å². The Morgan fingerprint density at radius 3 is 1.84 bits per heavy atom. The fourth-order valence-electron chi connectivity index (χ4n) is 3.65. The lowest BCUT2D eigenvalue weighted by molar-refractivity contribution is -0.389. The number of esters is 1. The molecule has 4 rings (SSSR count). The highest BCUT2D eigenvalue weighted by Crippen LogP contribution is 2.20. The molecule has 0 radical (unpaired) electrons. The van der Waals surface area contributed by atoms with Gasteiger partial charge in [-0.25, -0.2) is 4.79 Å². The van der Waals surface area contributed by atoms with Crippen LogP contribution in [0.2, 0.25) is 0 Å². The molecule has 0 saturated carbocycles. The van der Waals surface area contributed by atoms with E-state index in [-0.39, 0.29) is 30.3 Å². The molecule has 1 amide bonds. The zero-order chi connectivity index (χ0) is 27.2. The number of nitrogens with one attached hydrogen (secondary N) is 1. The maximum Gasteiger partial charge on any atom is 0.390 e. The van der Waals surface area contributed by atoms with Crippen molar-refractivity contribution in [3.63, 3.8) is 0 Å². The molecule has 0 unspecified atom stereocenters. The normalized spacial score (nSPS) is 10.6. The van der Waals surface area contributed by atoms with E-state index in [1.807, 2.05) is 12.1 Å². The van der Waals surface area contributed by atoms with E-state index < -0.39 is 22.6 Å². The van der Waals surface area contributed by atoms with Crippen LogP contribution in [0, 0.1) is 10.1 Å². The van der Waals surface area contributed by atoms with Crippen LogP contribution < -0.4 is 14.8 Å². The molecule has 2 aromatic heterocycles. The minimum Gasteiger partial charge on any atom is -0.497 e. The van der Waals surface area contributed by atoms with Crippen LogP contribution in [0.15, 0.2) is 60.7 Å². The highest BCUT2D eigenvalue weighted by molar-refractivity contribution is 6.03. The smallest absolute Gasteiger partial charge is 0.390 e. The first kappa shape index (κ1) is 25.9. The Morgan fingerprint density at radius 2 is 1.37 bits per heavy atom. The van der Waals surface area contributed by atoms with Crippen LogP contribution in [-0.4, -0.2) is 57.7 Å². The molecule has 196 valence electrons. The summed E-state index contributed by atoms with van der Waals surface area (Å²) >= 11 is 0. The van der Waals surface area contributed by atoms with Crippen LogP contribution >= 0.6 is 0 Å². The van der Waals surface area contributed by atoms with Crippen molar-refractivity contribution in [1.29, 1.82) is 0 Å². The van der Waals surface area contributed by atoms with Gasteiger partial charge in [-0.1, -0.05) is 24.3 Å². The summed E-state index contributed by atoms with van der Waals surface area (Å²) in [5, 5.41) is 22.2. The van der Waals surface area contributed by atoms with Crippen LogP contribution in [0.25, 0.3) is 0 Å². The number of carbonyl (C=O) groups excluding carboxylic acids is 2. The Labute approximate surface area is 216 Å². The van der Waals surface area contributed by atoms with Crippen LogP contribution in [0.5, 0.6) is 11.5 Å². The third kappa shape index (κ3) is 5.78. The van der Waals surface area contributed by atoms with Crippen LogP contribution in [0.4, 0.5) is 11.6 Å². The number of anilines is 1. The number of aromatic nitrogens is 4. The van der Waals surface area contributed by atoms with E-state index >= 15 is 0 Å². The fourth-order valence-corrected chi connectivity index (χ4v) is 3.65. The molecule has 0 atom stereocenters. The number of nitrogens with zero attached hydrogens (tertiary/aromatic N) is 5. The molecule has 0 fully saturated rings. The zero-order valence-electron chi connectivity index (χ0n) is 20.8. The molecule has 0 aliphatic carbocycles. The van der Waals surface area contributed by atoms with Crippen LogP contribution in [0.1, 0.15) is 32.1 Å². The van der Waals surface area contributed by atoms with Gasteiger partial charge in [0.15, 0.2) is 11.5 Å². The quantitative estimate of drug-likeness (QED) is 0.189.